The van der Waals surface area contributed by atoms with E-state index in [0.717, 1.165) is 21.6 Å². The maximum Gasteiger partial charge on any atom is 0.0607 e. The van der Waals surface area contributed by atoms with Gasteiger partial charge < -0.3 is 4.57 Å². The number of nitrogens with zero attached hydrogens (tertiary/aromatic N) is 1. The molecular formula is C24H19N. The molecular weight excluding hydrogens is 302 g/mol. The Bertz CT molecular complexity index is 1220. The molecule has 0 unspecified atom stereocenters. The lowest BCUT2D eigenvalue weighted by Gasteiger charge is -2.07. The van der Waals surface area contributed by atoms with Gasteiger partial charge in [0, 0.05) is 16.5 Å². The molecule has 4 rings (SSSR count). The van der Waals surface area contributed by atoms with E-state index in [-0.39, 0.29) is 0 Å². The van der Waals surface area contributed by atoms with E-state index in [9.17, 15) is 0 Å². The normalized spacial score (nSPS) is 10.7. The number of hydrogen-bond donors (Lipinski definition) is 0. The monoisotopic (exact) mass is 321 g/mol. The quantitative estimate of drug-likeness (QED) is 0.478. The Morgan fingerprint density at radius 3 is 2.08 bits per heavy atom. The highest BCUT2D eigenvalue weighted by molar-refractivity contribution is 6.08. The van der Waals surface area contributed by atoms with E-state index in [1.54, 1.807) is 0 Å². The van der Waals surface area contributed by atoms with Crippen molar-refractivity contribution >= 4 is 35.0 Å². The van der Waals surface area contributed by atoms with Gasteiger partial charge in [0.25, 0.3) is 0 Å². The molecule has 0 N–H and O–H groups in total. The average Bonchev–Trinajstić information content (AvgIpc) is 2.98. The molecule has 0 aliphatic heterocycles. The molecule has 25 heavy (non-hydrogen) atoms. The summed E-state index contributed by atoms with van der Waals surface area (Å²) in [5, 5.41) is 4.34. The molecule has 0 aliphatic rings. The van der Waals surface area contributed by atoms with E-state index < -0.39 is 0 Å². The molecule has 3 aromatic carbocycles. The minimum Gasteiger partial charge on any atom is -0.309 e. The molecule has 1 aromatic heterocycles. The molecule has 4 aromatic rings. The van der Waals surface area contributed by atoms with Crippen LogP contribution in [0.5, 0.6) is 0 Å². The molecule has 1 heteroatoms. The minimum absolute atomic E-state index is 0.972. The van der Waals surface area contributed by atoms with Crippen LogP contribution in [-0.2, 0) is 0 Å². The summed E-state index contributed by atoms with van der Waals surface area (Å²) in [6.07, 6.45) is 0. The topological polar surface area (TPSA) is 4.93 Å². The largest absolute Gasteiger partial charge is 0.309 e. The highest BCUT2D eigenvalue weighted by Gasteiger charge is 2.10. The number of hydrogen-bond acceptors (Lipinski definition) is 0. The van der Waals surface area contributed by atoms with E-state index >= 15 is 0 Å². The van der Waals surface area contributed by atoms with Crippen LogP contribution < -0.4 is 10.4 Å². The molecule has 0 saturated heterocycles. The second-order valence-corrected chi connectivity index (χ2v) is 6.10. The van der Waals surface area contributed by atoms with Gasteiger partial charge in [-0.05, 0) is 28.6 Å². The van der Waals surface area contributed by atoms with Crippen LogP contribution in [0.1, 0.15) is 0 Å². The van der Waals surface area contributed by atoms with Crippen molar-refractivity contribution in [3.8, 4) is 5.69 Å². The number of benzene rings is 2. The molecule has 0 bridgehead atoms. The van der Waals surface area contributed by atoms with Crippen LogP contribution in [0.4, 0.5) is 0 Å². The minimum atomic E-state index is 0.972. The lowest BCUT2D eigenvalue weighted by Crippen LogP contribution is -2.03. The van der Waals surface area contributed by atoms with E-state index in [1.165, 1.54) is 16.3 Å². The number of rotatable bonds is 1. The molecule has 0 saturated carbocycles. The van der Waals surface area contributed by atoms with E-state index in [4.69, 9.17) is 0 Å². The molecule has 0 fully saturated rings. The molecule has 120 valence electrons. The zero-order valence-electron chi connectivity index (χ0n) is 14.0. The van der Waals surface area contributed by atoms with Gasteiger partial charge in [-0.2, -0.15) is 0 Å². The Hall–Kier alpha value is -3.32. The van der Waals surface area contributed by atoms with Gasteiger partial charge in [0.05, 0.1) is 11.0 Å². The molecule has 0 aliphatic carbocycles. The first-order chi connectivity index (χ1) is 12.3. The van der Waals surface area contributed by atoms with Crippen molar-refractivity contribution in [2.75, 3.05) is 0 Å². The van der Waals surface area contributed by atoms with Crippen molar-refractivity contribution in [3.63, 3.8) is 0 Å². The van der Waals surface area contributed by atoms with Crippen LogP contribution in [0, 0.1) is 0 Å². The predicted octanol–water partition coefficient (Wildman–Crippen LogP) is 4.73. The Balaban J connectivity index is 2.33. The van der Waals surface area contributed by atoms with Gasteiger partial charge in [0.1, 0.15) is 0 Å². The highest BCUT2D eigenvalue weighted by Crippen LogP contribution is 2.28. The van der Waals surface area contributed by atoms with Crippen molar-refractivity contribution in [2.45, 2.75) is 0 Å². The summed E-state index contributed by atoms with van der Waals surface area (Å²) in [5.74, 6) is 0. The third-order valence-electron chi connectivity index (χ3n) is 4.42. The first-order valence-electron chi connectivity index (χ1n) is 8.35. The van der Waals surface area contributed by atoms with Gasteiger partial charge in [-0.1, -0.05) is 86.0 Å². The molecule has 0 spiro atoms. The summed E-state index contributed by atoms with van der Waals surface area (Å²) in [6.45, 7) is 8.42. The molecule has 0 amide bonds. The molecule has 1 nitrogen and oxygen atoms in total. The lowest BCUT2D eigenvalue weighted by atomic mass is 10.2. The summed E-state index contributed by atoms with van der Waals surface area (Å²) < 4.78 is 2.29. The second kappa shape index (κ2) is 6.29. The number of para-hydroxylation sites is 2. The standard InChI is InChI=1S/C24H19N/c1-18-10-6-7-11-19(2)24-22(17-16-18)21-14-8-9-15-23(21)25(24)20-12-4-3-5-13-20/h3-17H,1-2H2. The van der Waals surface area contributed by atoms with Crippen LogP contribution in [0.2, 0.25) is 0 Å². The van der Waals surface area contributed by atoms with Crippen LogP contribution in [0.3, 0.4) is 0 Å². The fraction of sp³-hybridized carbons (Fsp3) is 0. The molecule has 0 atom stereocenters. The maximum absolute atomic E-state index is 4.33. The smallest absolute Gasteiger partial charge is 0.0607 e. The Morgan fingerprint density at radius 1 is 0.560 bits per heavy atom. The number of fused-ring (bicyclic) bond motifs is 3. The summed E-state index contributed by atoms with van der Waals surface area (Å²) in [6, 6.07) is 31.2. The summed E-state index contributed by atoms with van der Waals surface area (Å²) in [5.41, 5.74) is 3.42. The van der Waals surface area contributed by atoms with E-state index in [2.05, 4.69) is 84.5 Å². The molecule has 0 radical (unpaired) electrons. The first-order valence-corrected chi connectivity index (χ1v) is 8.35. The predicted molar refractivity (Wildman–Crippen MR) is 109 cm³/mol. The van der Waals surface area contributed by atoms with Crippen molar-refractivity contribution in [2.24, 2.45) is 0 Å². The second-order valence-electron chi connectivity index (χ2n) is 6.10. The summed E-state index contributed by atoms with van der Waals surface area (Å²) >= 11 is 0. The third-order valence-corrected chi connectivity index (χ3v) is 4.42. The van der Waals surface area contributed by atoms with Gasteiger partial charge in [-0.25, -0.2) is 0 Å². The summed E-state index contributed by atoms with van der Waals surface area (Å²) in [7, 11) is 0. The van der Waals surface area contributed by atoms with Crippen LogP contribution in [0.25, 0.3) is 40.7 Å². The SMILES string of the molecule is C=c1ccccc(=C)c2c(cc1)c1ccccc1n2-c1ccccc1. The van der Waals surface area contributed by atoms with Crippen molar-refractivity contribution < 1.29 is 0 Å². The summed E-state index contributed by atoms with van der Waals surface area (Å²) in [4.78, 5) is 0. The van der Waals surface area contributed by atoms with Crippen molar-refractivity contribution in [1.29, 1.82) is 0 Å². The Morgan fingerprint density at radius 2 is 1.24 bits per heavy atom. The maximum atomic E-state index is 4.33. The van der Waals surface area contributed by atoms with Crippen LogP contribution in [0.15, 0.2) is 91.0 Å². The van der Waals surface area contributed by atoms with Gasteiger partial charge in [0.15, 0.2) is 0 Å². The van der Waals surface area contributed by atoms with Gasteiger partial charge >= 0.3 is 0 Å². The highest BCUT2D eigenvalue weighted by atomic mass is 15.0. The van der Waals surface area contributed by atoms with Gasteiger partial charge in [-0.3, -0.25) is 0 Å². The van der Waals surface area contributed by atoms with Crippen LogP contribution >= 0.6 is 0 Å². The average molecular weight is 321 g/mol. The fourth-order valence-electron chi connectivity index (χ4n) is 3.27. The number of aromatic nitrogens is 1. The van der Waals surface area contributed by atoms with E-state index in [0.29, 0.717) is 0 Å². The zero-order valence-corrected chi connectivity index (χ0v) is 14.0. The third kappa shape index (κ3) is 2.70. The van der Waals surface area contributed by atoms with E-state index in [1.807, 2.05) is 24.3 Å². The molecule has 1 heterocycles. The first kappa shape index (κ1) is 15.2. The zero-order chi connectivity index (χ0) is 17.2. The Labute approximate surface area is 147 Å². The fourth-order valence-corrected chi connectivity index (χ4v) is 3.27. The van der Waals surface area contributed by atoms with Crippen LogP contribution in [-0.4, -0.2) is 4.57 Å². The van der Waals surface area contributed by atoms with Crippen molar-refractivity contribution in [3.05, 3.63) is 101 Å². The lowest BCUT2D eigenvalue weighted by molar-refractivity contribution is 1.17. The van der Waals surface area contributed by atoms with Crippen molar-refractivity contribution in [1.82, 2.24) is 4.57 Å². The van der Waals surface area contributed by atoms with Gasteiger partial charge in [0.2, 0.25) is 0 Å². The van der Waals surface area contributed by atoms with Gasteiger partial charge in [-0.15, -0.1) is 0 Å². The Kier molecular flexibility index (Phi) is 3.83.